The number of halogens is 1. The molecular weight excluding hydrogens is 338 g/mol. The highest BCUT2D eigenvalue weighted by Crippen LogP contribution is 2.20. The molecule has 6 heteroatoms. The monoisotopic (exact) mass is 363 g/mol. The van der Waals surface area contributed by atoms with Crippen LogP contribution in [0.4, 0.5) is 0 Å². The van der Waals surface area contributed by atoms with Crippen LogP contribution in [0.15, 0.2) is 24.3 Å². The third-order valence-electron chi connectivity index (χ3n) is 5.22. The number of nitrogens with one attached hydrogen (secondary N) is 1. The van der Waals surface area contributed by atoms with Gasteiger partial charge in [0.15, 0.2) is 0 Å². The van der Waals surface area contributed by atoms with Gasteiger partial charge < -0.3 is 15.1 Å². The van der Waals surface area contributed by atoms with Crippen LogP contribution in [0.25, 0.3) is 0 Å². The molecule has 2 heterocycles. The van der Waals surface area contributed by atoms with Crippen LogP contribution in [0.1, 0.15) is 31.7 Å². The van der Waals surface area contributed by atoms with Gasteiger partial charge in [-0.3, -0.25) is 9.59 Å². The molecule has 2 aliphatic heterocycles. The Hall–Kier alpha value is -1.59. The molecule has 2 aliphatic rings. The number of amides is 2. The van der Waals surface area contributed by atoms with E-state index in [0.717, 1.165) is 31.5 Å². The number of piperazine rings is 1. The average molecular weight is 364 g/mol. The average Bonchev–Trinajstić information content (AvgIpc) is 2.61. The topological polar surface area (TPSA) is 52.7 Å². The number of hydrogen-bond donors (Lipinski definition) is 1. The maximum absolute atomic E-state index is 12.8. The molecule has 2 fully saturated rings. The van der Waals surface area contributed by atoms with Gasteiger partial charge in [-0.2, -0.15) is 0 Å². The van der Waals surface area contributed by atoms with Crippen molar-refractivity contribution in [3.05, 3.63) is 34.9 Å². The van der Waals surface area contributed by atoms with E-state index in [1.807, 2.05) is 29.2 Å². The maximum Gasteiger partial charge on any atom is 0.240 e. The number of carbonyl (C=O) groups excluding carboxylic acids is 2. The van der Waals surface area contributed by atoms with Crippen LogP contribution in [0.2, 0.25) is 5.02 Å². The molecule has 0 bridgehead atoms. The zero-order chi connectivity index (χ0) is 17.8. The van der Waals surface area contributed by atoms with E-state index in [4.69, 9.17) is 11.6 Å². The molecule has 1 atom stereocenters. The molecule has 3 rings (SSSR count). The summed E-state index contributed by atoms with van der Waals surface area (Å²) in [7, 11) is 0. The Morgan fingerprint density at radius 1 is 1.24 bits per heavy atom. The minimum absolute atomic E-state index is 0.00935. The van der Waals surface area contributed by atoms with E-state index in [1.54, 1.807) is 4.90 Å². The number of likely N-dealkylation sites (tertiary alicyclic amines) is 1. The van der Waals surface area contributed by atoms with Gasteiger partial charge in [-0.15, -0.1) is 0 Å². The summed E-state index contributed by atoms with van der Waals surface area (Å²) in [6, 6.07) is 7.15. The van der Waals surface area contributed by atoms with E-state index < -0.39 is 6.04 Å². The van der Waals surface area contributed by atoms with Crippen molar-refractivity contribution in [1.29, 1.82) is 0 Å². The van der Waals surface area contributed by atoms with Crippen molar-refractivity contribution in [3.8, 4) is 0 Å². The van der Waals surface area contributed by atoms with Crippen LogP contribution in [-0.2, 0) is 16.1 Å². The molecule has 2 saturated heterocycles. The number of hydrogen-bond acceptors (Lipinski definition) is 3. The van der Waals surface area contributed by atoms with E-state index in [0.29, 0.717) is 30.6 Å². The molecule has 1 aromatic carbocycles. The van der Waals surface area contributed by atoms with Gasteiger partial charge >= 0.3 is 0 Å². The number of nitrogens with zero attached hydrogens (tertiary/aromatic N) is 2. The van der Waals surface area contributed by atoms with Crippen LogP contribution in [0, 0.1) is 5.92 Å². The lowest BCUT2D eigenvalue weighted by Gasteiger charge is -2.35. The van der Waals surface area contributed by atoms with Crippen LogP contribution >= 0.6 is 11.6 Å². The minimum Gasteiger partial charge on any atom is -0.343 e. The van der Waals surface area contributed by atoms with E-state index in [-0.39, 0.29) is 18.2 Å². The van der Waals surface area contributed by atoms with Crippen molar-refractivity contribution >= 4 is 23.4 Å². The van der Waals surface area contributed by atoms with Crippen LogP contribution in [0.3, 0.4) is 0 Å². The fraction of sp³-hybridized carbons (Fsp3) is 0.579. The minimum atomic E-state index is -0.428. The summed E-state index contributed by atoms with van der Waals surface area (Å²) in [5.41, 5.74) is 0.939. The quantitative estimate of drug-likeness (QED) is 0.893. The van der Waals surface area contributed by atoms with Gasteiger partial charge in [0.25, 0.3) is 0 Å². The summed E-state index contributed by atoms with van der Waals surface area (Å²) in [6.45, 7) is 5.67. The standard InChI is InChI=1S/C19H26ClN3O2/c1-14-6-9-22(10-7-14)18(24)12-17-19(25)23(11-8-21-17)13-15-4-2-3-5-16(15)20/h2-5,14,17,21H,6-13H2,1H3. The van der Waals surface area contributed by atoms with Crippen LogP contribution in [0.5, 0.6) is 0 Å². The Labute approximate surface area is 154 Å². The fourth-order valence-electron chi connectivity index (χ4n) is 3.50. The van der Waals surface area contributed by atoms with Gasteiger partial charge in [-0.05, 0) is 30.4 Å². The van der Waals surface area contributed by atoms with Crippen molar-refractivity contribution in [2.24, 2.45) is 5.92 Å². The van der Waals surface area contributed by atoms with Crippen molar-refractivity contribution < 1.29 is 9.59 Å². The van der Waals surface area contributed by atoms with E-state index in [2.05, 4.69) is 12.2 Å². The van der Waals surface area contributed by atoms with E-state index in [1.165, 1.54) is 0 Å². The van der Waals surface area contributed by atoms with Gasteiger partial charge in [-0.1, -0.05) is 36.7 Å². The summed E-state index contributed by atoms with van der Waals surface area (Å²) < 4.78 is 0. The highest BCUT2D eigenvalue weighted by atomic mass is 35.5. The predicted molar refractivity (Wildman–Crippen MR) is 98.3 cm³/mol. The summed E-state index contributed by atoms with van der Waals surface area (Å²) in [5, 5.41) is 3.88. The predicted octanol–water partition coefficient (Wildman–Crippen LogP) is 2.29. The third kappa shape index (κ3) is 4.53. The van der Waals surface area contributed by atoms with Crippen LogP contribution in [-0.4, -0.2) is 53.8 Å². The number of piperidine rings is 1. The van der Waals surface area contributed by atoms with E-state index in [9.17, 15) is 9.59 Å². The highest BCUT2D eigenvalue weighted by Gasteiger charge is 2.32. The molecule has 0 aliphatic carbocycles. The molecule has 0 aromatic heterocycles. The summed E-state index contributed by atoms with van der Waals surface area (Å²) in [4.78, 5) is 29.0. The van der Waals surface area contributed by atoms with Gasteiger partial charge in [-0.25, -0.2) is 0 Å². The Bertz CT molecular complexity index is 629. The summed E-state index contributed by atoms with van der Waals surface area (Å²) >= 11 is 6.21. The molecule has 0 radical (unpaired) electrons. The second-order valence-corrected chi connectivity index (χ2v) is 7.53. The van der Waals surface area contributed by atoms with Gasteiger partial charge in [0.2, 0.25) is 11.8 Å². The lowest BCUT2D eigenvalue weighted by atomic mass is 9.98. The zero-order valence-electron chi connectivity index (χ0n) is 14.7. The van der Waals surface area contributed by atoms with Crippen molar-refractivity contribution in [1.82, 2.24) is 15.1 Å². The largest absolute Gasteiger partial charge is 0.343 e. The second-order valence-electron chi connectivity index (χ2n) is 7.13. The lowest BCUT2D eigenvalue weighted by Crippen LogP contribution is -2.56. The summed E-state index contributed by atoms with van der Waals surface area (Å²) in [6.07, 6.45) is 2.35. The lowest BCUT2D eigenvalue weighted by molar-refractivity contribution is -0.142. The Balaban J connectivity index is 1.58. The summed E-state index contributed by atoms with van der Waals surface area (Å²) in [5.74, 6) is 0.756. The molecule has 1 N–H and O–H groups in total. The highest BCUT2D eigenvalue weighted by molar-refractivity contribution is 6.31. The van der Waals surface area contributed by atoms with Crippen molar-refractivity contribution in [2.75, 3.05) is 26.2 Å². The fourth-order valence-corrected chi connectivity index (χ4v) is 3.70. The number of benzene rings is 1. The Kier molecular flexibility index (Phi) is 5.97. The molecular formula is C19H26ClN3O2. The molecule has 2 amide bonds. The van der Waals surface area contributed by atoms with Gasteiger partial charge in [0, 0.05) is 37.7 Å². The molecule has 1 aromatic rings. The normalized spacial score (nSPS) is 22.3. The van der Waals surface area contributed by atoms with E-state index >= 15 is 0 Å². The van der Waals surface area contributed by atoms with Crippen LogP contribution < -0.4 is 5.32 Å². The number of carbonyl (C=O) groups is 2. The van der Waals surface area contributed by atoms with Crippen molar-refractivity contribution in [2.45, 2.75) is 38.8 Å². The molecule has 1 unspecified atom stereocenters. The molecule has 0 spiro atoms. The number of rotatable bonds is 4. The molecule has 136 valence electrons. The molecule has 0 saturated carbocycles. The smallest absolute Gasteiger partial charge is 0.240 e. The third-order valence-corrected chi connectivity index (χ3v) is 5.59. The first kappa shape index (κ1) is 18.2. The first-order valence-corrected chi connectivity index (χ1v) is 9.45. The zero-order valence-corrected chi connectivity index (χ0v) is 15.5. The maximum atomic E-state index is 12.8. The molecule has 5 nitrogen and oxygen atoms in total. The Morgan fingerprint density at radius 3 is 2.68 bits per heavy atom. The van der Waals surface area contributed by atoms with Crippen molar-refractivity contribution in [3.63, 3.8) is 0 Å². The SMILES string of the molecule is CC1CCN(C(=O)CC2NCCN(Cc3ccccc3Cl)C2=O)CC1. The molecule has 25 heavy (non-hydrogen) atoms. The first-order valence-electron chi connectivity index (χ1n) is 9.08. The van der Waals surface area contributed by atoms with Gasteiger partial charge in [0.1, 0.15) is 0 Å². The Morgan fingerprint density at radius 2 is 1.96 bits per heavy atom. The second kappa shape index (κ2) is 8.19. The van der Waals surface area contributed by atoms with Gasteiger partial charge in [0.05, 0.1) is 12.5 Å². The first-order chi connectivity index (χ1) is 12.0.